The molecule has 0 N–H and O–H groups in total. The molecule has 0 spiro atoms. The summed E-state index contributed by atoms with van der Waals surface area (Å²) in [6.45, 7) is 0. The van der Waals surface area contributed by atoms with Gasteiger partial charge >= 0.3 is 0 Å². The maximum atomic E-state index is 11.3. The van der Waals surface area contributed by atoms with Crippen molar-refractivity contribution in [2.24, 2.45) is 0 Å². The molecule has 0 fully saturated rings. The molecule has 3 heteroatoms. The van der Waals surface area contributed by atoms with E-state index < -0.39 is 0 Å². The highest BCUT2D eigenvalue weighted by molar-refractivity contribution is 6.63. The zero-order chi connectivity index (χ0) is 13.0. The van der Waals surface area contributed by atoms with E-state index in [1.165, 1.54) is 0 Å². The van der Waals surface area contributed by atoms with Gasteiger partial charge in [-0.05, 0) is 48.6 Å². The third-order valence-corrected chi connectivity index (χ3v) is 3.66. The quantitative estimate of drug-likeness (QED) is 0.610. The first-order valence-electron chi connectivity index (χ1n) is 6.17. The highest BCUT2D eigenvalue weighted by Crippen LogP contribution is 2.39. The smallest absolute Gasteiger partial charge is 0.222 e. The monoisotopic (exact) mass is 264 g/mol. The minimum Gasteiger partial charge on any atom is -0.497 e. The Morgan fingerprint density at radius 1 is 1.50 bits per heavy atom. The van der Waals surface area contributed by atoms with Crippen LogP contribution in [0.2, 0.25) is 0 Å². The molecule has 0 aliphatic heterocycles. The van der Waals surface area contributed by atoms with Crippen LogP contribution >= 0.6 is 11.6 Å². The average Bonchev–Trinajstić information content (AvgIpc) is 2.39. The van der Waals surface area contributed by atoms with Crippen molar-refractivity contribution in [2.45, 2.75) is 31.1 Å². The standard InChI is InChI=1S/C15H17ClO2/c1-18-13-7-5-6-12(10-13)15(11-14(16)17)8-3-2-4-9-15/h3,5-8,10H,2,4,9,11H2,1H3. The minimum absolute atomic E-state index is 0.258. The van der Waals surface area contributed by atoms with Crippen molar-refractivity contribution in [1.82, 2.24) is 0 Å². The van der Waals surface area contributed by atoms with Gasteiger partial charge in [-0.2, -0.15) is 0 Å². The molecular weight excluding hydrogens is 248 g/mol. The number of carbonyl (C=O) groups is 1. The Morgan fingerprint density at radius 3 is 2.94 bits per heavy atom. The van der Waals surface area contributed by atoms with Gasteiger partial charge < -0.3 is 4.74 Å². The SMILES string of the molecule is COc1cccc(C2(CC(=O)Cl)C=CCCC2)c1. The first-order valence-corrected chi connectivity index (χ1v) is 6.55. The first kappa shape index (κ1) is 13.2. The maximum Gasteiger partial charge on any atom is 0.222 e. The van der Waals surface area contributed by atoms with E-state index in [0.29, 0.717) is 6.42 Å². The highest BCUT2D eigenvalue weighted by Gasteiger charge is 2.33. The van der Waals surface area contributed by atoms with Crippen molar-refractivity contribution in [2.75, 3.05) is 7.11 Å². The van der Waals surface area contributed by atoms with E-state index in [2.05, 4.69) is 12.2 Å². The fourth-order valence-electron chi connectivity index (χ4n) is 2.60. The molecule has 96 valence electrons. The van der Waals surface area contributed by atoms with Gasteiger partial charge in [0.1, 0.15) is 5.75 Å². The number of ether oxygens (including phenoxy) is 1. The lowest BCUT2D eigenvalue weighted by molar-refractivity contribution is -0.112. The Morgan fingerprint density at radius 2 is 2.33 bits per heavy atom. The summed E-state index contributed by atoms with van der Waals surface area (Å²) in [4.78, 5) is 11.3. The highest BCUT2D eigenvalue weighted by atomic mass is 35.5. The van der Waals surface area contributed by atoms with E-state index in [-0.39, 0.29) is 10.7 Å². The number of methoxy groups -OCH3 is 1. The predicted octanol–water partition coefficient (Wildman–Crippen LogP) is 3.83. The van der Waals surface area contributed by atoms with Crippen LogP contribution < -0.4 is 4.74 Å². The van der Waals surface area contributed by atoms with E-state index in [1.54, 1.807) is 7.11 Å². The molecule has 1 aromatic carbocycles. The topological polar surface area (TPSA) is 26.3 Å². The van der Waals surface area contributed by atoms with Crippen molar-refractivity contribution < 1.29 is 9.53 Å². The number of allylic oxidation sites excluding steroid dienone is 2. The molecule has 18 heavy (non-hydrogen) atoms. The molecule has 2 rings (SSSR count). The number of benzene rings is 1. The number of carbonyl (C=O) groups excluding carboxylic acids is 1. The van der Waals surface area contributed by atoms with Crippen LogP contribution in [0.5, 0.6) is 5.75 Å². The van der Waals surface area contributed by atoms with E-state index in [4.69, 9.17) is 16.3 Å². The van der Waals surface area contributed by atoms with E-state index in [0.717, 1.165) is 30.6 Å². The second-order valence-electron chi connectivity index (χ2n) is 4.71. The summed E-state index contributed by atoms with van der Waals surface area (Å²) >= 11 is 5.62. The fraction of sp³-hybridized carbons (Fsp3) is 0.400. The van der Waals surface area contributed by atoms with Crippen molar-refractivity contribution in [3.05, 3.63) is 42.0 Å². The molecule has 1 aromatic rings. The van der Waals surface area contributed by atoms with E-state index >= 15 is 0 Å². The molecule has 1 aliphatic carbocycles. The lowest BCUT2D eigenvalue weighted by Gasteiger charge is -2.33. The number of halogens is 1. The molecule has 0 saturated heterocycles. The summed E-state index contributed by atoms with van der Waals surface area (Å²) in [6, 6.07) is 7.90. The Labute approximate surface area is 113 Å². The third kappa shape index (κ3) is 2.75. The molecule has 0 saturated carbocycles. The van der Waals surface area contributed by atoms with E-state index in [1.807, 2.05) is 24.3 Å². The predicted molar refractivity (Wildman–Crippen MR) is 73.1 cm³/mol. The van der Waals surface area contributed by atoms with E-state index in [9.17, 15) is 4.79 Å². The molecule has 0 amide bonds. The van der Waals surface area contributed by atoms with Gasteiger partial charge in [0.05, 0.1) is 7.11 Å². The lowest BCUT2D eigenvalue weighted by Crippen LogP contribution is -2.27. The summed E-state index contributed by atoms with van der Waals surface area (Å²) in [5.41, 5.74) is 0.845. The molecule has 1 atom stereocenters. The number of rotatable bonds is 4. The van der Waals surface area contributed by atoms with Gasteiger partial charge in [0, 0.05) is 11.8 Å². The van der Waals surface area contributed by atoms with Crippen molar-refractivity contribution in [1.29, 1.82) is 0 Å². The van der Waals surface area contributed by atoms with Gasteiger partial charge in [0.25, 0.3) is 0 Å². The average molecular weight is 265 g/mol. The lowest BCUT2D eigenvalue weighted by atomic mass is 9.71. The van der Waals surface area contributed by atoms with Crippen LogP contribution in [0, 0.1) is 0 Å². The second kappa shape index (κ2) is 5.57. The molecule has 1 aliphatic rings. The Hall–Kier alpha value is -1.28. The van der Waals surface area contributed by atoms with Crippen LogP contribution in [0.4, 0.5) is 0 Å². The number of hydrogen-bond donors (Lipinski definition) is 0. The van der Waals surface area contributed by atoms with Crippen LogP contribution in [-0.2, 0) is 10.2 Å². The van der Waals surface area contributed by atoms with Crippen LogP contribution in [-0.4, -0.2) is 12.4 Å². The molecule has 0 bridgehead atoms. The van der Waals surface area contributed by atoms with Gasteiger partial charge in [0.2, 0.25) is 5.24 Å². The van der Waals surface area contributed by atoms with Gasteiger partial charge in [-0.3, -0.25) is 4.79 Å². The van der Waals surface area contributed by atoms with Crippen LogP contribution in [0.15, 0.2) is 36.4 Å². The Kier molecular flexibility index (Phi) is 4.07. The fourth-order valence-corrected chi connectivity index (χ4v) is 2.84. The maximum absolute atomic E-state index is 11.3. The second-order valence-corrected chi connectivity index (χ2v) is 5.14. The number of hydrogen-bond acceptors (Lipinski definition) is 2. The Balaban J connectivity index is 2.41. The molecule has 0 radical (unpaired) electrons. The normalized spacial score (nSPS) is 22.8. The molecule has 0 heterocycles. The van der Waals surface area contributed by atoms with Crippen molar-refractivity contribution in [3.8, 4) is 5.75 Å². The van der Waals surface area contributed by atoms with Gasteiger partial charge in [-0.15, -0.1) is 0 Å². The molecule has 1 unspecified atom stereocenters. The Bertz CT molecular complexity index is 467. The summed E-state index contributed by atoms with van der Waals surface area (Å²) in [5.74, 6) is 0.813. The van der Waals surface area contributed by atoms with Crippen LogP contribution in [0.25, 0.3) is 0 Å². The largest absolute Gasteiger partial charge is 0.497 e. The van der Waals surface area contributed by atoms with Crippen molar-refractivity contribution in [3.63, 3.8) is 0 Å². The first-order chi connectivity index (χ1) is 8.66. The van der Waals surface area contributed by atoms with Crippen LogP contribution in [0.1, 0.15) is 31.2 Å². The molecule has 0 aromatic heterocycles. The summed E-state index contributed by atoms with van der Waals surface area (Å²) in [5, 5.41) is -0.288. The van der Waals surface area contributed by atoms with Gasteiger partial charge in [0.15, 0.2) is 0 Å². The summed E-state index contributed by atoms with van der Waals surface area (Å²) in [7, 11) is 1.65. The van der Waals surface area contributed by atoms with Crippen LogP contribution in [0.3, 0.4) is 0 Å². The molecule has 2 nitrogen and oxygen atoms in total. The van der Waals surface area contributed by atoms with Crippen molar-refractivity contribution >= 4 is 16.8 Å². The summed E-state index contributed by atoms with van der Waals surface area (Å²) in [6.07, 6.45) is 7.72. The third-order valence-electron chi connectivity index (χ3n) is 3.53. The zero-order valence-corrected chi connectivity index (χ0v) is 11.2. The van der Waals surface area contributed by atoms with Gasteiger partial charge in [-0.1, -0.05) is 24.3 Å². The zero-order valence-electron chi connectivity index (χ0n) is 10.5. The van der Waals surface area contributed by atoms with Gasteiger partial charge in [-0.25, -0.2) is 0 Å². The minimum atomic E-state index is -0.288. The summed E-state index contributed by atoms with van der Waals surface area (Å²) < 4.78 is 5.25. The molecular formula is C15H17ClO2.